The molecule has 0 bridgehead atoms. The van der Waals surface area contributed by atoms with Gasteiger partial charge in [0.1, 0.15) is 0 Å². The number of rotatable bonds is 5. The third-order valence-corrected chi connectivity index (χ3v) is 6.38. The van der Waals surface area contributed by atoms with Crippen LogP contribution in [0.15, 0.2) is 46.5 Å². The number of benzene rings is 1. The maximum Gasteiger partial charge on any atom is 0.250 e. The van der Waals surface area contributed by atoms with Crippen LogP contribution in [-0.4, -0.2) is 47.6 Å². The molecule has 1 fully saturated rings. The highest BCUT2D eigenvalue weighted by Crippen LogP contribution is 2.39. The Balaban J connectivity index is 1.93. The van der Waals surface area contributed by atoms with Gasteiger partial charge in [-0.3, -0.25) is 4.79 Å². The Hall–Kier alpha value is -2.11. The second kappa shape index (κ2) is 8.50. The van der Waals surface area contributed by atoms with Crippen molar-refractivity contribution in [1.82, 2.24) is 4.98 Å². The molecule has 1 saturated heterocycles. The van der Waals surface area contributed by atoms with Gasteiger partial charge in [-0.25, -0.2) is 0 Å². The number of hydrogen-bond acceptors (Lipinski definition) is 3. The van der Waals surface area contributed by atoms with Crippen LogP contribution in [0.25, 0.3) is 0 Å². The van der Waals surface area contributed by atoms with Crippen LogP contribution in [0.2, 0.25) is 5.02 Å². The molecule has 0 saturated carbocycles. The molecule has 1 atom stereocenters. The van der Waals surface area contributed by atoms with Gasteiger partial charge in [-0.2, -0.15) is 0 Å². The van der Waals surface area contributed by atoms with Crippen molar-refractivity contribution in [2.75, 3.05) is 27.2 Å². The zero-order chi connectivity index (χ0) is 20.3. The largest absolute Gasteiger partial charge is 0.411 e. The van der Waals surface area contributed by atoms with Crippen LogP contribution >= 0.6 is 11.6 Å². The fourth-order valence-corrected chi connectivity index (χ4v) is 4.46. The van der Waals surface area contributed by atoms with E-state index in [9.17, 15) is 10.0 Å². The van der Waals surface area contributed by atoms with E-state index in [1.54, 1.807) is 19.2 Å². The Kier molecular flexibility index (Phi) is 6.26. The van der Waals surface area contributed by atoms with Gasteiger partial charge in [0.15, 0.2) is 0 Å². The van der Waals surface area contributed by atoms with Crippen molar-refractivity contribution in [2.45, 2.75) is 32.1 Å². The van der Waals surface area contributed by atoms with Crippen LogP contribution in [0.3, 0.4) is 0 Å². The summed E-state index contributed by atoms with van der Waals surface area (Å²) in [6.07, 6.45) is 4.40. The number of likely N-dealkylation sites (tertiary alicyclic amines) is 1. The first-order valence-corrected chi connectivity index (χ1v) is 10.2. The van der Waals surface area contributed by atoms with Crippen LogP contribution in [0.1, 0.15) is 41.9 Å². The highest BCUT2D eigenvalue weighted by atomic mass is 35.5. The first-order valence-electron chi connectivity index (χ1n) is 9.78. The summed E-state index contributed by atoms with van der Waals surface area (Å²) in [7, 11) is 4.54. The summed E-state index contributed by atoms with van der Waals surface area (Å²) < 4.78 is 1.03. The molecule has 1 aliphatic heterocycles. The van der Waals surface area contributed by atoms with Crippen LogP contribution in [0.4, 0.5) is 0 Å². The second-order valence-electron chi connectivity index (χ2n) is 8.50. The highest BCUT2D eigenvalue weighted by molar-refractivity contribution is 6.31. The molecule has 0 aliphatic carbocycles. The predicted octanol–water partition coefficient (Wildman–Crippen LogP) is 4.18. The van der Waals surface area contributed by atoms with Crippen molar-refractivity contribution < 1.29 is 9.69 Å². The molecule has 2 N–H and O–H groups in total. The number of piperidine rings is 1. The normalized spacial score (nSPS) is 18.8. The Morgan fingerprint density at radius 2 is 2.00 bits per heavy atom. The molecule has 28 heavy (non-hydrogen) atoms. The fraction of sp³-hybridized carbons (Fsp3) is 0.455. The zero-order valence-corrected chi connectivity index (χ0v) is 17.5. The number of aromatic amines is 1. The fourth-order valence-electron chi connectivity index (χ4n) is 4.18. The van der Waals surface area contributed by atoms with E-state index < -0.39 is 0 Å². The van der Waals surface area contributed by atoms with Gasteiger partial charge in [0, 0.05) is 41.6 Å². The number of oxime groups is 1. The number of pyridine rings is 1. The van der Waals surface area contributed by atoms with Gasteiger partial charge >= 0.3 is 0 Å². The number of hydrogen-bond donors (Lipinski definition) is 2. The molecule has 1 aliphatic rings. The Morgan fingerprint density at radius 1 is 1.32 bits per heavy atom. The molecule has 1 aromatic carbocycles. The standard InChI is InChI=1S/C22H28ClN3O2/c1-15-12-17(14-24-22(15)27)21(25-28)13-19(18-6-4-5-7-20(18)23)16-8-10-26(2,3)11-9-16/h4-7,12,14,16,19H,8-11,13H2,1-3H3,(H-,24,25,27,28)/p+1. The predicted molar refractivity (Wildman–Crippen MR) is 113 cm³/mol. The smallest absolute Gasteiger partial charge is 0.250 e. The summed E-state index contributed by atoms with van der Waals surface area (Å²) in [5, 5.41) is 14.1. The summed E-state index contributed by atoms with van der Waals surface area (Å²) in [5.74, 6) is 0.624. The lowest BCUT2D eigenvalue weighted by molar-refractivity contribution is -0.896. The highest BCUT2D eigenvalue weighted by Gasteiger charge is 2.34. The molecule has 150 valence electrons. The topological polar surface area (TPSA) is 65.5 Å². The van der Waals surface area contributed by atoms with Crippen molar-refractivity contribution in [3.8, 4) is 0 Å². The number of nitrogens with one attached hydrogen (secondary N) is 1. The lowest BCUT2D eigenvalue weighted by Crippen LogP contribution is -2.47. The molecular formula is C22H29ClN3O2+. The average Bonchev–Trinajstić information content (AvgIpc) is 2.66. The van der Waals surface area contributed by atoms with E-state index in [-0.39, 0.29) is 11.5 Å². The van der Waals surface area contributed by atoms with Crippen LogP contribution in [0.5, 0.6) is 0 Å². The Morgan fingerprint density at radius 3 is 2.61 bits per heavy atom. The average molecular weight is 403 g/mol. The molecule has 0 amide bonds. The Bertz CT molecular complexity index is 910. The van der Waals surface area contributed by atoms with E-state index in [2.05, 4.69) is 30.3 Å². The van der Waals surface area contributed by atoms with Gasteiger partial charge in [0.05, 0.1) is 32.9 Å². The molecule has 3 rings (SSSR count). The summed E-state index contributed by atoms with van der Waals surface area (Å²) in [6.45, 7) is 3.99. The summed E-state index contributed by atoms with van der Waals surface area (Å²) >= 11 is 6.56. The molecule has 1 aromatic heterocycles. The monoisotopic (exact) mass is 402 g/mol. The van der Waals surface area contributed by atoms with E-state index in [1.165, 1.54) is 0 Å². The SMILES string of the molecule is Cc1cc(/C(CC(c2ccccc2Cl)C2CC[N+](C)(C)CC2)=N/O)c[nH]c1=O. The summed E-state index contributed by atoms with van der Waals surface area (Å²) in [6, 6.07) is 9.73. The van der Waals surface area contributed by atoms with Crippen molar-refractivity contribution in [1.29, 1.82) is 0 Å². The molecule has 2 aromatic rings. The van der Waals surface area contributed by atoms with Gasteiger partial charge in [0.25, 0.3) is 5.56 Å². The zero-order valence-electron chi connectivity index (χ0n) is 16.8. The third-order valence-electron chi connectivity index (χ3n) is 6.04. The minimum absolute atomic E-state index is 0.129. The Labute approximate surface area is 171 Å². The van der Waals surface area contributed by atoms with Gasteiger partial charge in [-0.05, 0) is 36.5 Å². The first kappa shape index (κ1) is 20.6. The lowest BCUT2D eigenvalue weighted by Gasteiger charge is -2.40. The summed E-state index contributed by atoms with van der Waals surface area (Å²) in [4.78, 5) is 14.4. The number of H-pyrrole nitrogens is 1. The second-order valence-corrected chi connectivity index (χ2v) is 8.91. The van der Waals surface area contributed by atoms with E-state index in [0.29, 0.717) is 23.6 Å². The molecule has 1 unspecified atom stereocenters. The van der Waals surface area contributed by atoms with E-state index in [4.69, 9.17) is 11.6 Å². The van der Waals surface area contributed by atoms with Crippen LogP contribution in [-0.2, 0) is 0 Å². The number of halogens is 1. The lowest BCUT2D eigenvalue weighted by atomic mass is 9.76. The quantitative estimate of drug-likeness (QED) is 0.341. The van der Waals surface area contributed by atoms with Crippen LogP contribution < -0.4 is 5.56 Å². The minimum atomic E-state index is -0.129. The van der Waals surface area contributed by atoms with E-state index >= 15 is 0 Å². The maximum atomic E-state index is 11.7. The summed E-state index contributed by atoms with van der Waals surface area (Å²) in [5.41, 5.74) is 2.89. The molecule has 2 heterocycles. The number of nitrogens with zero attached hydrogens (tertiary/aromatic N) is 2. The molecular weight excluding hydrogens is 374 g/mol. The molecule has 0 spiro atoms. The maximum absolute atomic E-state index is 11.7. The van der Waals surface area contributed by atoms with Crippen molar-refractivity contribution in [3.05, 3.63) is 68.6 Å². The van der Waals surface area contributed by atoms with E-state index in [0.717, 1.165) is 46.6 Å². The van der Waals surface area contributed by atoms with Crippen LogP contribution in [0, 0.1) is 12.8 Å². The van der Waals surface area contributed by atoms with Gasteiger partial charge < -0.3 is 14.7 Å². The first-order chi connectivity index (χ1) is 13.3. The third kappa shape index (κ3) is 4.65. The molecule has 0 radical (unpaired) electrons. The molecule has 5 nitrogen and oxygen atoms in total. The number of aromatic nitrogens is 1. The van der Waals surface area contributed by atoms with E-state index in [1.807, 2.05) is 18.2 Å². The minimum Gasteiger partial charge on any atom is -0.411 e. The number of quaternary nitrogens is 1. The van der Waals surface area contributed by atoms with Crippen molar-refractivity contribution in [3.63, 3.8) is 0 Å². The van der Waals surface area contributed by atoms with Gasteiger partial charge in [-0.1, -0.05) is 35.0 Å². The molecule has 6 heteroatoms. The number of aryl methyl sites for hydroxylation is 1. The van der Waals surface area contributed by atoms with Gasteiger partial charge in [0.2, 0.25) is 0 Å². The van der Waals surface area contributed by atoms with Crippen molar-refractivity contribution in [2.24, 2.45) is 11.1 Å². The van der Waals surface area contributed by atoms with Gasteiger partial charge in [-0.15, -0.1) is 0 Å². The van der Waals surface area contributed by atoms with Crippen molar-refractivity contribution >= 4 is 17.3 Å².